The van der Waals surface area contributed by atoms with E-state index in [2.05, 4.69) is 4.98 Å². The van der Waals surface area contributed by atoms with E-state index in [1.165, 1.54) is 0 Å². The second-order valence-electron chi connectivity index (χ2n) is 6.52. The lowest BCUT2D eigenvalue weighted by Gasteiger charge is -2.20. The first-order chi connectivity index (χ1) is 13.5. The van der Waals surface area contributed by atoms with Gasteiger partial charge in [-0.05, 0) is 30.7 Å². The largest absolute Gasteiger partial charge is 0.486 e. The van der Waals surface area contributed by atoms with E-state index in [9.17, 15) is 9.59 Å². The van der Waals surface area contributed by atoms with Crippen LogP contribution >= 0.6 is 11.6 Å². The maximum Gasteiger partial charge on any atom is 0.310 e. The standard InChI is InChI=1S/C21H18ClNO5/c1-12(20(25)15-11-23-17-5-3-2-4-14(15)17)28-19(24)10-13-8-16(22)21-18(9-13)26-6-7-27-21/h2-5,8-9,11-12,23H,6-7,10H2,1H3. The normalized spacial score (nSPS) is 13.9. The number of hydrogen-bond acceptors (Lipinski definition) is 5. The maximum absolute atomic E-state index is 12.7. The van der Waals surface area contributed by atoms with E-state index in [-0.39, 0.29) is 12.2 Å². The molecule has 0 saturated carbocycles. The molecular formula is C21H18ClNO5. The molecule has 0 radical (unpaired) electrons. The van der Waals surface area contributed by atoms with Gasteiger partial charge in [0, 0.05) is 22.7 Å². The predicted molar refractivity (Wildman–Crippen MR) is 104 cm³/mol. The monoisotopic (exact) mass is 399 g/mol. The van der Waals surface area contributed by atoms with Crippen molar-refractivity contribution in [2.75, 3.05) is 13.2 Å². The molecule has 0 amide bonds. The first-order valence-corrected chi connectivity index (χ1v) is 9.28. The minimum Gasteiger partial charge on any atom is -0.486 e. The van der Waals surface area contributed by atoms with Gasteiger partial charge in [-0.25, -0.2) is 0 Å². The fraction of sp³-hybridized carbons (Fsp3) is 0.238. The van der Waals surface area contributed by atoms with Crippen LogP contribution in [0.4, 0.5) is 0 Å². The molecule has 28 heavy (non-hydrogen) atoms. The fourth-order valence-corrected chi connectivity index (χ4v) is 3.51. The highest BCUT2D eigenvalue weighted by atomic mass is 35.5. The van der Waals surface area contributed by atoms with Crippen LogP contribution in [-0.4, -0.2) is 36.1 Å². The summed E-state index contributed by atoms with van der Waals surface area (Å²) in [5, 5.41) is 1.18. The number of halogens is 1. The van der Waals surface area contributed by atoms with Gasteiger partial charge in [-0.15, -0.1) is 0 Å². The van der Waals surface area contributed by atoms with Gasteiger partial charge in [0.25, 0.3) is 0 Å². The van der Waals surface area contributed by atoms with Crippen LogP contribution in [0, 0.1) is 0 Å². The highest BCUT2D eigenvalue weighted by molar-refractivity contribution is 6.32. The van der Waals surface area contributed by atoms with Crippen molar-refractivity contribution in [1.29, 1.82) is 0 Å². The molecule has 3 aromatic rings. The van der Waals surface area contributed by atoms with Gasteiger partial charge >= 0.3 is 5.97 Å². The molecule has 7 heteroatoms. The molecule has 1 unspecified atom stereocenters. The van der Waals surface area contributed by atoms with Gasteiger partial charge in [-0.1, -0.05) is 29.8 Å². The third kappa shape index (κ3) is 3.55. The fourth-order valence-electron chi connectivity index (χ4n) is 3.22. The number of ketones is 1. The quantitative estimate of drug-likeness (QED) is 0.519. The number of esters is 1. The average molecular weight is 400 g/mol. The Morgan fingerprint density at radius 2 is 2.00 bits per heavy atom. The molecule has 1 aliphatic heterocycles. The molecular weight excluding hydrogens is 382 g/mol. The number of H-pyrrole nitrogens is 1. The molecule has 0 saturated heterocycles. The summed E-state index contributed by atoms with van der Waals surface area (Å²) in [6.07, 6.45) is 0.708. The topological polar surface area (TPSA) is 77.6 Å². The van der Waals surface area contributed by atoms with Crippen molar-refractivity contribution in [2.45, 2.75) is 19.4 Å². The summed E-state index contributed by atoms with van der Waals surface area (Å²) in [7, 11) is 0. The third-order valence-electron chi connectivity index (χ3n) is 4.54. The van der Waals surface area contributed by atoms with Gasteiger partial charge in [0.2, 0.25) is 5.78 Å². The van der Waals surface area contributed by atoms with Crippen molar-refractivity contribution in [1.82, 2.24) is 4.98 Å². The highest BCUT2D eigenvalue weighted by Crippen LogP contribution is 2.38. The van der Waals surface area contributed by atoms with Crippen molar-refractivity contribution in [3.63, 3.8) is 0 Å². The van der Waals surface area contributed by atoms with Gasteiger partial charge in [0.05, 0.1) is 11.4 Å². The summed E-state index contributed by atoms with van der Waals surface area (Å²) in [6, 6.07) is 10.8. The number of Topliss-reactive ketones (excluding diaryl/α,β-unsaturated/α-hetero) is 1. The number of aromatic amines is 1. The minimum absolute atomic E-state index is 0.0259. The molecule has 6 nitrogen and oxygen atoms in total. The van der Waals surface area contributed by atoms with E-state index in [1.807, 2.05) is 24.3 Å². The van der Waals surface area contributed by atoms with Crippen LogP contribution in [0.5, 0.6) is 11.5 Å². The van der Waals surface area contributed by atoms with Crippen LogP contribution < -0.4 is 9.47 Å². The summed E-state index contributed by atoms with van der Waals surface area (Å²) < 4.78 is 16.3. The lowest BCUT2D eigenvalue weighted by Crippen LogP contribution is -2.25. The van der Waals surface area contributed by atoms with Crippen molar-refractivity contribution in [3.05, 3.63) is 58.7 Å². The Labute approximate surface area is 166 Å². The Hall–Kier alpha value is -2.99. The van der Waals surface area contributed by atoms with Crippen molar-refractivity contribution in [3.8, 4) is 11.5 Å². The van der Waals surface area contributed by atoms with Gasteiger partial charge < -0.3 is 19.2 Å². The first kappa shape index (κ1) is 18.4. The summed E-state index contributed by atoms with van der Waals surface area (Å²) in [5.74, 6) is 0.205. The number of nitrogens with one attached hydrogen (secondary N) is 1. The Morgan fingerprint density at radius 1 is 1.21 bits per heavy atom. The molecule has 1 atom stereocenters. The minimum atomic E-state index is -0.903. The number of carbonyl (C=O) groups is 2. The van der Waals surface area contributed by atoms with E-state index in [0.29, 0.717) is 40.9 Å². The number of hydrogen-bond donors (Lipinski definition) is 1. The molecule has 1 aromatic heterocycles. The van der Waals surface area contributed by atoms with Crippen LogP contribution in [-0.2, 0) is 16.0 Å². The molecule has 2 aromatic carbocycles. The number of aromatic nitrogens is 1. The smallest absolute Gasteiger partial charge is 0.310 e. The Bertz CT molecular complexity index is 1060. The van der Waals surface area contributed by atoms with Crippen molar-refractivity contribution >= 4 is 34.3 Å². The first-order valence-electron chi connectivity index (χ1n) is 8.91. The second-order valence-corrected chi connectivity index (χ2v) is 6.93. The zero-order valence-corrected chi connectivity index (χ0v) is 15.9. The van der Waals surface area contributed by atoms with Crippen LogP contribution in [0.25, 0.3) is 10.9 Å². The SMILES string of the molecule is CC(OC(=O)Cc1cc(Cl)c2c(c1)OCCO2)C(=O)c1c[nH]c2ccccc12. The van der Waals surface area contributed by atoms with Crippen LogP contribution in [0.15, 0.2) is 42.6 Å². The Balaban J connectivity index is 1.45. The Morgan fingerprint density at radius 3 is 2.86 bits per heavy atom. The van der Waals surface area contributed by atoms with Crippen LogP contribution in [0.3, 0.4) is 0 Å². The van der Waals surface area contributed by atoms with Gasteiger partial charge in [-0.2, -0.15) is 0 Å². The number of benzene rings is 2. The number of ether oxygens (including phenoxy) is 3. The highest BCUT2D eigenvalue weighted by Gasteiger charge is 2.23. The Kier molecular flexibility index (Phi) is 4.96. The molecule has 0 fully saturated rings. The lowest BCUT2D eigenvalue weighted by atomic mass is 10.1. The summed E-state index contributed by atoms with van der Waals surface area (Å²) >= 11 is 6.20. The van der Waals surface area contributed by atoms with Gasteiger partial charge in [-0.3, -0.25) is 9.59 Å². The molecule has 4 rings (SSSR count). The van der Waals surface area contributed by atoms with E-state index < -0.39 is 12.1 Å². The number of carbonyl (C=O) groups excluding carboxylic acids is 2. The van der Waals surface area contributed by atoms with E-state index in [0.717, 1.165) is 10.9 Å². The van der Waals surface area contributed by atoms with E-state index >= 15 is 0 Å². The van der Waals surface area contributed by atoms with E-state index in [1.54, 1.807) is 25.3 Å². The second kappa shape index (κ2) is 7.56. The summed E-state index contributed by atoms with van der Waals surface area (Å²) in [5.41, 5.74) is 1.99. The molecule has 144 valence electrons. The van der Waals surface area contributed by atoms with Crippen LogP contribution in [0.2, 0.25) is 5.02 Å². The van der Waals surface area contributed by atoms with Crippen molar-refractivity contribution < 1.29 is 23.8 Å². The molecule has 1 N–H and O–H groups in total. The summed E-state index contributed by atoms with van der Waals surface area (Å²) in [6.45, 7) is 2.42. The molecule has 2 heterocycles. The molecule has 0 bridgehead atoms. The van der Waals surface area contributed by atoms with E-state index in [4.69, 9.17) is 25.8 Å². The number of rotatable bonds is 5. The molecule has 0 spiro atoms. The zero-order valence-electron chi connectivity index (χ0n) is 15.2. The lowest BCUT2D eigenvalue weighted by molar-refractivity contribution is -0.145. The van der Waals surface area contributed by atoms with Crippen LogP contribution in [0.1, 0.15) is 22.8 Å². The van der Waals surface area contributed by atoms with Crippen molar-refractivity contribution in [2.24, 2.45) is 0 Å². The third-order valence-corrected chi connectivity index (χ3v) is 4.82. The predicted octanol–water partition coefficient (Wildman–Crippen LogP) is 3.95. The number of para-hydroxylation sites is 1. The average Bonchev–Trinajstić information content (AvgIpc) is 3.11. The van der Waals surface area contributed by atoms with Gasteiger partial charge in [0.15, 0.2) is 17.6 Å². The molecule has 0 aliphatic carbocycles. The maximum atomic E-state index is 12.7. The summed E-state index contributed by atoms with van der Waals surface area (Å²) in [4.78, 5) is 28.1. The zero-order chi connectivity index (χ0) is 19.7. The molecule has 1 aliphatic rings. The number of fused-ring (bicyclic) bond motifs is 2. The van der Waals surface area contributed by atoms with Gasteiger partial charge in [0.1, 0.15) is 13.2 Å².